The molecule has 0 radical (unpaired) electrons. The van der Waals surface area contributed by atoms with Crippen molar-refractivity contribution < 1.29 is 9.59 Å². The van der Waals surface area contributed by atoms with E-state index in [1.165, 1.54) is 9.71 Å². The number of piperidine rings is 1. The number of carbonyl (C=O) groups excluding carboxylic acids is 2. The predicted octanol–water partition coefficient (Wildman–Crippen LogP) is 4.66. The summed E-state index contributed by atoms with van der Waals surface area (Å²) < 4.78 is 1.23. The zero-order valence-corrected chi connectivity index (χ0v) is 17.0. The molecule has 6 heteroatoms. The molecule has 29 heavy (non-hydrogen) atoms. The van der Waals surface area contributed by atoms with Crippen molar-refractivity contribution in [3.8, 4) is 0 Å². The molecule has 0 unspecified atom stereocenters. The fraction of sp³-hybridized carbons (Fsp3) is 0.348. The van der Waals surface area contributed by atoms with E-state index < -0.39 is 0 Å². The number of rotatable bonds is 4. The minimum absolute atomic E-state index is 0.0628. The largest absolute Gasteiger partial charge is 0.339 e. The van der Waals surface area contributed by atoms with Gasteiger partial charge in [-0.25, -0.2) is 4.98 Å². The van der Waals surface area contributed by atoms with Crippen molar-refractivity contribution >= 4 is 39.1 Å². The molecular weight excluding hydrogens is 382 g/mol. The zero-order chi connectivity index (χ0) is 19.8. The summed E-state index contributed by atoms with van der Waals surface area (Å²) in [5.74, 6) is 0.748. The summed E-state index contributed by atoms with van der Waals surface area (Å²) in [4.78, 5) is 31.4. The fourth-order valence-electron chi connectivity index (χ4n) is 3.86. The van der Waals surface area contributed by atoms with Crippen LogP contribution in [-0.2, 0) is 4.79 Å². The van der Waals surface area contributed by atoms with Gasteiger partial charge in [0.2, 0.25) is 5.91 Å². The second-order valence-electron chi connectivity index (χ2n) is 7.93. The van der Waals surface area contributed by atoms with Crippen LogP contribution in [0.25, 0.3) is 10.2 Å². The first-order chi connectivity index (χ1) is 14.2. The third-order valence-corrected chi connectivity index (χ3v) is 6.99. The van der Waals surface area contributed by atoms with Gasteiger partial charge in [0.15, 0.2) is 0 Å². The number of thiazole rings is 1. The number of para-hydroxylation sites is 1. The van der Waals surface area contributed by atoms with E-state index in [9.17, 15) is 9.59 Å². The number of amides is 2. The Balaban J connectivity index is 1.20. The summed E-state index contributed by atoms with van der Waals surface area (Å²) in [6, 6.07) is 15.5. The van der Waals surface area contributed by atoms with Gasteiger partial charge in [-0.15, -0.1) is 11.3 Å². The molecule has 0 atom stereocenters. The number of hydrogen-bond acceptors (Lipinski definition) is 4. The topological polar surface area (TPSA) is 62.3 Å². The van der Waals surface area contributed by atoms with Crippen molar-refractivity contribution in [3.63, 3.8) is 0 Å². The standard InChI is InChI=1S/C23H23N3O2S/c27-21(15-5-6-15)24-18-9-7-17(8-10-18)23(28)26-13-11-16(12-14-26)22-25-19-3-1-2-4-20(19)29-22/h1-4,7-10,15-16H,5-6,11-14H2,(H,24,27). The number of aromatic nitrogens is 1. The maximum Gasteiger partial charge on any atom is 0.253 e. The van der Waals surface area contributed by atoms with Crippen molar-refractivity contribution in [2.75, 3.05) is 18.4 Å². The Morgan fingerprint density at radius 3 is 2.38 bits per heavy atom. The van der Waals surface area contributed by atoms with Gasteiger partial charge < -0.3 is 10.2 Å². The number of likely N-dealkylation sites (tertiary alicyclic amines) is 1. The van der Waals surface area contributed by atoms with Crippen LogP contribution >= 0.6 is 11.3 Å². The SMILES string of the molecule is O=C(Nc1ccc(C(=O)N2CCC(c3nc4ccccc4s3)CC2)cc1)C1CC1. The quantitative estimate of drug-likeness (QED) is 0.686. The van der Waals surface area contributed by atoms with Crippen molar-refractivity contribution in [2.45, 2.75) is 31.6 Å². The van der Waals surface area contributed by atoms with Gasteiger partial charge in [0.05, 0.1) is 15.2 Å². The second-order valence-corrected chi connectivity index (χ2v) is 8.99. The molecular formula is C23H23N3O2S. The maximum absolute atomic E-state index is 12.9. The van der Waals surface area contributed by atoms with Crippen LogP contribution in [0.1, 0.15) is 47.0 Å². The van der Waals surface area contributed by atoms with Crippen LogP contribution in [0.4, 0.5) is 5.69 Å². The zero-order valence-electron chi connectivity index (χ0n) is 16.1. The minimum Gasteiger partial charge on any atom is -0.339 e. The van der Waals surface area contributed by atoms with E-state index in [1.54, 1.807) is 11.3 Å². The van der Waals surface area contributed by atoms with Crippen LogP contribution in [0.15, 0.2) is 48.5 Å². The highest BCUT2D eigenvalue weighted by atomic mass is 32.1. The van der Waals surface area contributed by atoms with Gasteiger partial charge in [-0.05, 0) is 62.1 Å². The molecule has 5 nitrogen and oxygen atoms in total. The Hall–Kier alpha value is -2.73. The van der Waals surface area contributed by atoms with Gasteiger partial charge in [0, 0.05) is 36.2 Å². The first-order valence-corrected chi connectivity index (χ1v) is 11.0. The van der Waals surface area contributed by atoms with Gasteiger partial charge >= 0.3 is 0 Å². The van der Waals surface area contributed by atoms with E-state index in [0.717, 1.165) is 50.0 Å². The molecule has 2 aliphatic rings. The number of nitrogens with one attached hydrogen (secondary N) is 1. The number of carbonyl (C=O) groups is 2. The van der Waals surface area contributed by atoms with Gasteiger partial charge in [-0.2, -0.15) is 0 Å². The van der Waals surface area contributed by atoms with Crippen LogP contribution < -0.4 is 5.32 Å². The molecule has 0 bridgehead atoms. The average Bonchev–Trinajstić information content (AvgIpc) is 3.53. The van der Waals surface area contributed by atoms with Crippen LogP contribution in [0.5, 0.6) is 0 Å². The van der Waals surface area contributed by atoms with Gasteiger partial charge in [0.25, 0.3) is 5.91 Å². The van der Waals surface area contributed by atoms with Crippen LogP contribution in [0.2, 0.25) is 0 Å². The van der Waals surface area contributed by atoms with E-state index in [2.05, 4.69) is 17.4 Å². The summed E-state index contributed by atoms with van der Waals surface area (Å²) in [5, 5.41) is 4.10. The molecule has 2 heterocycles. The van der Waals surface area contributed by atoms with Crippen molar-refractivity contribution in [1.82, 2.24) is 9.88 Å². The predicted molar refractivity (Wildman–Crippen MR) is 115 cm³/mol. The molecule has 1 saturated carbocycles. The van der Waals surface area contributed by atoms with E-state index in [4.69, 9.17) is 4.98 Å². The fourth-order valence-corrected chi connectivity index (χ4v) is 5.00. The summed E-state index contributed by atoms with van der Waals surface area (Å²) in [5.41, 5.74) is 2.50. The highest BCUT2D eigenvalue weighted by molar-refractivity contribution is 7.18. The molecule has 1 aliphatic carbocycles. The lowest BCUT2D eigenvalue weighted by atomic mass is 9.97. The Morgan fingerprint density at radius 1 is 0.966 bits per heavy atom. The molecule has 2 aromatic carbocycles. The third kappa shape index (κ3) is 3.90. The number of hydrogen-bond donors (Lipinski definition) is 1. The minimum atomic E-state index is 0.0628. The third-order valence-electron chi connectivity index (χ3n) is 5.79. The Bertz CT molecular complexity index is 1010. The Labute approximate surface area is 173 Å². The van der Waals surface area contributed by atoms with Crippen LogP contribution in [0.3, 0.4) is 0 Å². The number of anilines is 1. The van der Waals surface area contributed by atoms with E-state index >= 15 is 0 Å². The molecule has 5 rings (SSSR count). The Kier molecular flexibility index (Phi) is 4.79. The normalized spacial score (nSPS) is 17.4. The summed E-state index contributed by atoms with van der Waals surface area (Å²) in [7, 11) is 0. The Morgan fingerprint density at radius 2 is 1.69 bits per heavy atom. The maximum atomic E-state index is 12.9. The van der Waals surface area contributed by atoms with Gasteiger partial charge in [0.1, 0.15) is 0 Å². The van der Waals surface area contributed by atoms with Crippen molar-refractivity contribution in [1.29, 1.82) is 0 Å². The number of benzene rings is 2. The lowest BCUT2D eigenvalue weighted by Gasteiger charge is -2.31. The van der Waals surface area contributed by atoms with Crippen molar-refractivity contribution in [2.24, 2.45) is 5.92 Å². The smallest absolute Gasteiger partial charge is 0.253 e. The summed E-state index contributed by atoms with van der Waals surface area (Å²) in [6.45, 7) is 1.50. The van der Waals surface area contributed by atoms with Crippen molar-refractivity contribution in [3.05, 3.63) is 59.1 Å². The molecule has 2 fully saturated rings. The van der Waals surface area contributed by atoms with E-state index in [0.29, 0.717) is 11.5 Å². The first-order valence-electron chi connectivity index (χ1n) is 10.2. The molecule has 2 amide bonds. The summed E-state index contributed by atoms with van der Waals surface area (Å²) >= 11 is 1.77. The highest BCUT2D eigenvalue weighted by Crippen LogP contribution is 2.34. The molecule has 1 aliphatic heterocycles. The van der Waals surface area contributed by atoms with E-state index in [1.807, 2.05) is 41.3 Å². The molecule has 0 spiro atoms. The molecule has 148 valence electrons. The van der Waals surface area contributed by atoms with Gasteiger partial charge in [-0.1, -0.05) is 12.1 Å². The lowest BCUT2D eigenvalue weighted by Crippen LogP contribution is -2.37. The van der Waals surface area contributed by atoms with E-state index in [-0.39, 0.29) is 17.7 Å². The van der Waals surface area contributed by atoms with Crippen LogP contribution in [-0.4, -0.2) is 34.8 Å². The first kappa shape index (κ1) is 18.3. The molecule has 3 aromatic rings. The highest BCUT2D eigenvalue weighted by Gasteiger charge is 2.30. The monoisotopic (exact) mass is 405 g/mol. The lowest BCUT2D eigenvalue weighted by molar-refractivity contribution is -0.117. The summed E-state index contributed by atoms with van der Waals surface area (Å²) in [6.07, 6.45) is 3.85. The molecule has 1 aromatic heterocycles. The van der Waals surface area contributed by atoms with Crippen LogP contribution in [0, 0.1) is 5.92 Å². The van der Waals surface area contributed by atoms with Gasteiger partial charge in [-0.3, -0.25) is 9.59 Å². The number of nitrogens with zero attached hydrogens (tertiary/aromatic N) is 2. The number of fused-ring (bicyclic) bond motifs is 1. The molecule has 1 saturated heterocycles. The second kappa shape index (κ2) is 7.59. The molecule has 1 N–H and O–H groups in total. The average molecular weight is 406 g/mol.